The lowest BCUT2D eigenvalue weighted by Gasteiger charge is -2.27. The van der Waals surface area contributed by atoms with Gasteiger partial charge in [-0.25, -0.2) is 4.79 Å². The molecule has 0 bridgehead atoms. The maximum atomic E-state index is 10.9. The van der Waals surface area contributed by atoms with Crippen molar-refractivity contribution in [1.29, 1.82) is 0 Å². The molecule has 2 aromatic carbocycles. The quantitative estimate of drug-likeness (QED) is 0.803. The Hall–Kier alpha value is -2.49. The first-order valence-electron chi connectivity index (χ1n) is 7.23. The van der Waals surface area contributed by atoms with Gasteiger partial charge in [-0.2, -0.15) is 0 Å². The Morgan fingerprint density at radius 1 is 1.10 bits per heavy atom. The number of carbonyl (C=O) groups is 1. The van der Waals surface area contributed by atoms with Gasteiger partial charge in [0, 0.05) is 11.4 Å². The highest BCUT2D eigenvalue weighted by Crippen LogP contribution is 2.32. The third kappa shape index (κ3) is 3.16. The van der Waals surface area contributed by atoms with E-state index in [1.807, 2.05) is 24.3 Å². The van der Waals surface area contributed by atoms with Crippen LogP contribution in [0.1, 0.15) is 30.0 Å². The van der Waals surface area contributed by atoms with E-state index in [1.54, 1.807) is 0 Å². The summed E-state index contributed by atoms with van der Waals surface area (Å²) in [6.45, 7) is 0. The molecule has 0 heterocycles. The zero-order valence-corrected chi connectivity index (χ0v) is 11.8. The standard InChI is InChI=1S/C17H19N3O/c18-17(21)20-14-8-4-7-13(11-14)19-16-10-3-6-12-5-1-2-9-15(12)16/h1-2,4-5,7-9,11,16,19H,3,6,10H2,(H3,18,20,21). The molecule has 108 valence electrons. The Morgan fingerprint density at radius 2 is 1.90 bits per heavy atom. The van der Waals surface area contributed by atoms with E-state index in [0.717, 1.165) is 18.5 Å². The largest absolute Gasteiger partial charge is 0.378 e. The Labute approximate surface area is 124 Å². The number of carbonyl (C=O) groups excluding carboxylic acids is 1. The molecule has 0 radical (unpaired) electrons. The molecule has 0 fully saturated rings. The lowest BCUT2D eigenvalue weighted by atomic mass is 9.87. The summed E-state index contributed by atoms with van der Waals surface area (Å²) in [7, 11) is 0. The van der Waals surface area contributed by atoms with Gasteiger partial charge in [-0.15, -0.1) is 0 Å². The number of fused-ring (bicyclic) bond motifs is 1. The molecule has 0 saturated heterocycles. The molecule has 0 spiro atoms. The highest BCUT2D eigenvalue weighted by atomic mass is 16.2. The average molecular weight is 281 g/mol. The average Bonchev–Trinajstić information content (AvgIpc) is 2.47. The topological polar surface area (TPSA) is 67.2 Å². The lowest BCUT2D eigenvalue weighted by Crippen LogP contribution is -2.20. The minimum atomic E-state index is -0.546. The summed E-state index contributed by atoms with van der Waals surface area (Å²) in [6.07, 6.45) is 3.45. The van der Waals surface area contributed by atoms with Crippen molar-refractivity contribution >= 4 is 17.4 Å². The maximum Gasteiger partial charge on any atom is 0.316 e. The van der Waals surface area contributed by atoms with Crippen molar-refractivity contribution in [3.63, 3.8) is 0 Å². The first kappa shape index (κ1) is 13.5. The Morgan fingerprint density at radius 3 is 2.76 bits per heavy atom. The molecule has 4 N–H and O–H groups in total. The van der Waals surface area contributed by atoms with Gasteiger partial charge in [-0.3, -0.25) is 0 Å². The van der Waals surface area contributed by atoms with Gasteiger partial charge in [0.2, 0.25) is 0 Å². The minimum absolute atomic E-state index is 0.318. The molecule has 2 amide bonds. The number of benzene rings is 2. The summed E-state index contributed by atoms with van der Waals surface area (Å²) in [4.78, 5) is 10.9. The third-order valence-electron chi connectivity index (χ3n) is 3.84. The minimum Gasteiger partial charge on any atom is -0.378 e. The summed E-state index contributed by atoms with van der Waals surface area (Å²) < 4.78 is 0. The van der Waals surface area contributed by atoms with E-state index in [1.165, 1.54) is 17.5 Å². The lowest BCUT2D eigenvalue weighted by molar-refractivity contribution is 0.259. The SMILES string of the molecule is NC(=O)Nc1cccc(NC2CCCc3ccccc32)c1. The first-order valence-corrected chi connectivity index (χ1v) is 7.23. The van der Waals surface area contributed by atoms with Crippen molar-refractivity contribution in [3.8, 4) is 0 Å². The number of rotatable bonds is 3. The number of hydrogen-bond acceptors (Lipinski definition) is 2. The smallest absolute Gasteiger partial charge is 0.316 e. The van der Waals surface area contributed by atoms with Crippen LogP contribution < -0.4 is 16.4 Å². The van der Waals surface area contributed by atoms with Crippen LogP contribution in [0.5, 0.6) is 0 Å². The Bertz CT molecular complexity index is 654. The molecule has 4 nitrogen and oxygen atoms in total. The van der Waals surface area contributed by atoms with E-state index in [2.05, 4.69) is 34.9 Å². The van der Waals surface area contributed by atoms with Gasteiger partial charge in [0.15, 0.2) is 0 Å². The van der Waals surface area contributed by atoms with Gasteiger partial charge >= 0.3 is 6.03 Å². The fourth-order valence-corrected chi connectivity index (χ4v) is 2.93. The molecule has 0 aromatic heterocycles. The number of urea groups is 1. The van der Waals surface area contributed by atoms with E-state index >= 15 is 0 Å². The van der Waals surface area contributed by atoms with Crippen LogP contribution in [0.2, 0.25) is 0 Å². The van der Waals surface area contributed by atoms with Crippen molar-refractivity contribution in [2.24, 2.45) is 5.73 Å². The summed E-state index contributed by atoms with van der Waals surface area (Å²) in [5, 5.41) is 6.16. The number of amides is 2. The highest BCUT2D eigenvalue weighted by molar-refractivity contribution is 5.88. The first-order chi connectivity index (χ1) is 10.2. The van der Waals surface area contributed by atoms with Crippen molar-refractivity contribution in [2.75, 3.05) is 10.6 Å². The van der Waals surface area contributed by atoms with E-state index in [4.69, 9.17) is 5.73 Å². The van der Waals surface area contributed by atoms with Crippen LogP contribution in [0.3, 0.4) is 0 Å². The summed E-state index contributed by atoms with van der Waals surface area (Å²) >= 11 is 0. The van der Waals surface area contributed by atoms with Crippen LogP contribution >= 0.6 is 0 Å². The van der Waals surface area contributed by atoms with Crippen molar-refractivity contribution in [3.05, 3.63) is 59.7 Å². The Balaban J connectivity index is 1.80. The molecule has 1 atom stereocenters. The van der Waals surface area contributed by atoms with Crippen LogP contribution in [0, 0.1) is 0 Å². The van der Waals surface area contributed by atoms with E-state index in [9.17, 15) is 4.79 Å². The van der Waals surface area contributed by atoms with Gasteiger partial charge in [-0.1, -0.05) is 30.3 Å². The van der Waals surface area contributed by atoms with Crippen molar-refractivity contribution in [2.45, 2.75) is 25.3 Å². The number of hydrogen-bond donors (Lipinski definition) is 3. The van der Waals surface area contributed by atoms with Crippen LogP contribution in [0.25, 0.3) is 0 Å². The number of nitrogens with two attached hydrogens (primary N) is 1. The third-order valence-corrected chi connectivity index (χ3v) is 3.84. The maximum absolute atomic E-state index is 10.9. The molecule has 0 saturated carbocycles. The van der Waals surface area contributed by atoms with E-state index in [0.29, 0.717) is 11.7 Å². The second-order valence-corrected chi connectivity index (χ2v) is 5.36. The van der Waals surface area contributed by atoms with Crippen molar-refractivity contribution in [1.82, 2.24) is 0 Å². The van der Waals surface area contributed by atoms with Gasteiger partial charge in [0.1, 0.15) is 0 Å². The van der Waals surface area contributed by atoms with Crippen LogP contribution in [0.4, 0.5) is 16.2 Å². The fraction of sp³-hybridized carbons (Fsp3) is 0.235. The zero-order chi connectivity index (χ0) is 14.7. The van der Waals surface area contributed by atoms with Gasteiger partial charge in [-0.05, 0) is 48.6 Å². The molecular formula is C17H19N3O. The molecule has 2 aromatic rings. The van der Waals surface area contributed by atoms with Gasteiger partial charge in [0.05, 0.1) is 6.04 Å². The monoisotopic (exact) mass is 281 g/mol. The van der Waals surface area contributed by atoms with Crippen LogP contribution in [-0.4, -0.2) is 6.03 Å². The van der Waals surface area contributed by atoms with Gasteiger partial charge < -0.3 is 16.4 Å². The second kappa shape index (κ2) is 5.87. The second-order valence-electron chi connectivity index (χ2n) is 5.36. The van der Waals surface area contributed by atoms with Crippen LogP contribution in [0.15, 0.2) is 48.5 Å². The predicted octanol–water partition coefficient (Wildman–Crippen LogP) is 3.67. The molecule has 1 aliphatic rings. The number of aryl methyl sites for hydroxylation is 1. The number of anilines is 2. The fourth-order valence-electron chi connectivity index (χ4n) is 2.93. The van der Waals surface area contributed by atoms with E-state index < -0.39 is 6.03 Å². The molecule has 0 aliphatic heterocycles. The molecule has 1 unspecified atom stereocenters. The van der Waals surface area contributed by atoms with Gasteiger partial charge in [0.25, 0.3) is 0 Å². The number of nitrogens with one attached hydrogen (secondary N) is 2. The zero-order valence-electron chi connectivity index (χ0n) is 11.8. The Kier molecular flexibility index (Phi) is 3.77. The summed E-state index contributed by atoms with van der Waals surface area (Å²) in [5.41, 5.74) is 9.64. The molecule has 21 heavy (non-hydrogen) atoms. The normalized spacial score (nSPS) is 16.9. The molecule has 1 aliphatic carbocycles. The summed E-state index contributed by atoms with van der Waals surface area (Å²) in [5.74, 6) is 0. The summed E-state index contributed by atoms with van der Waals surface area (Å²) in [6, 6.07) is 16.0. The van der Waals surface area contributed by atoms with Crippen LogP contribution in [-0.2, 0) is 6.42 Å². The molecular weight excluding hydrogens is 262 g/mol. The molecule has 4 heteroatoms. The van der Waals surface area contributed by atoms with E-state index in [-0.39, 0.29) is 0 Å². The molecule has 3 rings (SSSR count). The highest BCUT2D eigenvalue weighted by Gasteiger charge is 2.19. The van der Waals surface area contributed by atoms with Crippen molar-refractivity contribution < 1.29 is 4.79 Å². The number of primary amides is 1. The predicted molar refractivity (Wildman–Crippen MR) is 85.4 cm³/mol.